The molecule has 10 heteroatoms. The molecule has 0 aliphatic heterocycles. The van der Waals surface area contributed by atoms with Crippen LogP contribution in [0.1, 0.15) is 0 Å². The van der Waals surface area contributed by atoms with E-state index in [9.17, 15) is 0 Å². The summed E-state index contributed by atoms with van der Waals surface area (Å²) in [6, 6.07) is 0. The number of hydrogen-bond acceptors (Lipinski definition) is 0. The molecule has 0 spiro atoms. The molecule has 0 aromatic heterocycles. The molecule has 0 rings (SSSR count). The van der Waals surface area contributed by atoms with Crippen molar-refractivity contribution in [3.05, 3.63) is 0 Å². The fourth-order valence-electron chi connectivity index (χ4n) is 0. The first-order valence-electron chi connectivity index (χ1n) is 0.378. The van der Waals surface area contributed by atoms with Crippen LogP contribution in [-0.2, 0) is 0 Å². The van der Waals surface area contributed by atoms with Gasteiger partial charge in [-0.05, 0) is 0 Å². The standard InChI is InChI=1S/3ClH.6H2O.Tb/h3*1H;6*1H2;/q;;;;;;;;;+3/p-3. The molecular weight excluding hydrogens is 361 g/mol. The topological polar surface area (TPSA) is 189 Å². The zero-order chi connectivity index (χ0) is 3.58. The fourth-order valence-corrected chi connectivity index (χ4v) is 0. The molecule has 0 atom stereocenters. The van der Waals surface area contributed by atoms with Gasteiger partial charge in [-0.3, -0.25) is 0 Å². The maximum absolute atomic E-state index is 4.97. The summed E-state index contributed by atoms with van der Waals surface area (Å²) in [7, 11) is 0. The van der Waals surface area contributed by atoms with Gasteiger partial charge in [0, 0.05) is 0 Å². The Hall–Kier alpha value is 1.92. The van der Waals surface area contributed by atoms with E-state index in [1.165, 1.54) is 0 Å². The van der Waals surface area contributed by atoms with Crippen molar-refractivity contribution in [2.45, 2.75) is 0 Å². The van der Waals surface area contributed by atoms with Gasteiger partial charge in [-0.15, -0.1) is 0 Å². The van der Waals surface area contributed by atoms with Crippen LogP contribution in [0.25, 0.3) is 0 Å². The van der Waals surface area contributed by atoms with Crippen molar-refractivity contribution in [3.8, 4) is 0 Å². The van der Waals surface area contributed by atoms with Gasteiger partial charge in [-0.25, -0.2) is 0 Å². The van der Waals surface area contributed by atoms with Crippen LogP contribution in [0, 0.1) is 28.1 Å². The molecule has 0 amide bonds. The van der Waals surface area contributed by atoms with E-state index in [1.807, 2.05) is 0 Å². The molecule has 0 fully saturated rings. The van der Waals surface area contributed by atoms with Crippen LogP contribution in [0.5, 0.6) is 0 Å². The second kappa shape index (κ2) is 44.4. The van der Waals surface area contributed by atoms with E-state index in [0.29, 0.717) is 0 Å². The molecule has 0 unspecified atom stereocenters. The third kappa shape index (κ3) is 215. The van der Waals surface area contributed by atoms with Crippen molar-refractivity contribution in [1.82, 2.24) is 0 Å². The van der Waals surface area contributed by atoms with E-state index < -0.39 is 28.1 Å². The van der Waals surface area contributed by atoms with Crippen LogP contribution in [0.15, 0.2) is 0 Å². The third-order valence-corrected chi connectivity index (χ3v) is 0. The Morgan fingerprint density at radius 2 is 0.500 bits per heavy atom. The molecule has 0 aliphatic carbocycles. The van der Waals surface area contributed by atoms with Gasteiger partial charge >= 0.3 is 46.8 Å². The number of rotatable bonds is 0. The van der Waals surface area contributed by atoms with Gasteiger partial charge in [0.05, 0.1) is 0 Å². The maximum atomic E-state index is 4.97. The molecule has 6 nitrogen and oxygen atoms in total. The Morgan fingerprint density at radius 1 is 0.500 bits per heavy atom. The molecule has 10 heavy (non-hydrogen) atoms. The quantitative estimate of drug-likeness (QED) is 0.422. The van der Waals surface area contributed by atoms with Crippen LogP contribution in [0.2, 0.25) is 0 Å². The van der Waals surface area contributed by atoms with E-state index in [2.05, 4.69) is 0 Å². The van der Waals surface area contributed by atoms with Gasteiger partial charge in [0.15, 0.2) is 0 Å². The summed E-state index contributed by atoms with van der Waals surface area (Å²) in [6.45, 7) is 0. The fraction of sp³-hybridized carbons (Fsp3) is 0. The molecule has 0 radical (unpaired) electrons. The van der Waals surface area contributed by atoms with Crippen LogP contribution in [0.3, 0.4) is 0 Å². The molecular formula is H12Cl3O6Tb. The number of hydrogen-bond donors (Lipinski definition) is 0. The first-order valence-corrected chi connectivity index (χ1v) is 8.41. The van der Waals surface area contributed by atoms with Gasteiger partial charge in [0.2, 0.25) is 0 Å². The molecule has 12 N–H and O–H groups in total. The van der Waals surface area contributed by atoms with E-state index in [-0.39, 0.29) is 32.9 Å². The summed E-state index contributed by atoms with van der Waals surface area (Å²) in [5.41, 5.74) is 0. The monoisotopic (exact) mass is 372 g/mol. The molecule has 0 aromatic rings. The summed E-state index contributed by atoms with van der Waals surface area (Å²) in [5.74, 6) is 0. The van der Waals surface area contributed by atoms with Crippen LogP contribution in [-0.4, -0.2) is 32.9 Å². The van der Waals surface area contributed by atoms with Crippen LogP contribution >= 0.6 is 18.7 Å². The molecule has 78 valence electrons. The molecule has 0 saturated carbocycles. The minimum atomic E-state index is -1.92. The Kier molecular flexibility index (Phi) is 261. The summed E-state index contributed by atoms with van der Waals surface area (Å²) in [5, 5.41) is 0. The van der Waals surface area contributed by atoms with Gasteiger partial charge in [-0.2, -0.15) is 0 Å². The van der Waals surface area contributed by atoms with E-state index in [4.69, 9.17) is 18.7 Å². The summed E-state index contributed by atoms with van der Waals surface area (Å²) >= 11 is -1.92. The molecule has 0 heterocycles. The molecule has 0 aliphatic rings. The van der Waals surface area contributed by atoms with Crippen molar-refractivity contribution < 1.29 is 61.0 Å². The molecule has 0 bridgehead atoms. The second-order valence-electron chi connectivity index (χ2n) is 0.143. The predicted molar refractivity (Wildman–Crippen MR) is 39.2 cm³/mol. The van der Waals surface area contributed by atoms with Crippen molar-refractivity contribution in [1.29, 1.82) is 0 Å². The van der Waals surface area contributed by atoms with Gasteiger partial charge in [-0.1, -0.05) is 0 Å². The number of halogens is 3. The Morgan fingerprint density at radius 3 is 0.500 bits per heavy atom. The first kappa shape index (κ1) is 58.8. The minimum absolute atomic E-state index is 0. The Balaban J connectivity index is -0.00000000300. The van der Waals surface area contributed by atoms with E-state index in [0.717, 1.165) is 0 Å². The average Bonchev–Trinajstić information content (AvgIpc) is 0.811. The normalized spacial score (nSPS) is 4.50. The van der Waals surface area contributed by atoms with Crippen molar-refractivity contribution >= 4 is 18.7 Å². The van der Waals surface area contributed by atoms with Crippen LogP contribution < -0.4 is 0 Å². The van der Waals surface area contributed by atoms with E-state index >= 15 is 0 Å². The molecule has 0 aromatic carbocycles. The van der Waals surface area contributed by atoms with Gasteiger partial charge in [0.25, 0.3) is 0 Å². The summed E-state index contributed by atoms with van der Waals surface area (Å²) in [6.07, 6.45) is 14.9. The Bertz CT molecular complexity index is 17.7. The zero-order valence-corrected chi connectivity index (χ0v) is 8.87. The third-order valence-electron chi connectivity index (χ3n) is 0. The Labute approximate surface area is 78.6 Å². The van der Waals surface area contributed by atoms with E-state index in [1.54, 1.807) is 0 Å². The van der Waals surface area contributed by atoms with Crippen molar-refractivity contribution in [2.75, 3.05) is 0 Å². The second-order valence-corrected chi connectivity index (χ2v) is 9.54. The van der Waals surface area contributed by atoms with Crippen molar-refractivity contribution in [3.63, 3.8) is 0 Å². The average molecular weight is 373 g/mol. The SMILES string of the molecule is O.O.O.O.O.O.[Cl][Tb]([Cl])[Cl]. The van der Waals surface area contributed by atoms with Crippen molar-refractivity contribution in [2.24, 2.45) is 0 Å². The summed E-state index contributed by atoms with van der Waals surface area (Å²) < 4.78 is 0. The van der Waals surface area contributed by atoms with Gasteiger partial charge < -0.3 is 32.9 Å². The predicted octanol–water partition coefficient (Wildman–Crippen LogP) is -2.88. The van der Waals surface area contributed by atoms with Crippen LogP contribution in [0.4, 0.5) is 0 Å². The molecule has 0 saturated heterocycles. The zero-order valence-electron chi connectivity index (χ0n) is 4.47. The summed E-state index contributed by atoms with van der Waals surface area (Å²) in [4.78, 5) is 0. The van der Waals surface area contributed by atoms with Gasteiger partial charge in [0.1, 0.15) is 0 Å². The first-order chi connectivity index (χ1) is 1.73.